The van der Waals surface area contributed by atoms with Crippen LogP contribution in [0.1, 0.15) is 28.5 Å². The van der Waals surface area contributed by atoms with Crippen LogP contribution in [0.25, 0.3) is 16.9 Å². The number of Topliss-reactive ketones (excluding diaryl/α,β-unsaturated/α-hetero) is 1. The Morgan fingerprint density at radius 2 is 1.78 bits per heavy atom. The first-order valence-electron chi connectivity index (χ1n) is 6.94. The standard InChI is InChI=1S/C17H13F3N2O/c1-10-7-8-22-14(9-10)21-15(16(22)17(18,19)20)13-5-3-12(4-6-13)11(2)23/h3-9H,1-2H3. The van der Waals surface area contributed by atoms with Crippen molar-refractivity contribution in [1.29, 1.82) is 0 Å². The van der Waals surface area contributed by atoms with Gasteiger partial charge in [0.1, 0.15) is 11.3 Å². The van der Waals surface area contributed by atoms with Gasteiger partial charge >= 0.3 is 6.18 Å². The average Bonchev–Trinajstić information content (AvgIpc) is 2.85. The Bertz CT molecular complexity index is 893. The van der Waals surface area contributed by atoms with E-state index in [2.05, 4.69) is 4.98 Å². The Morgan fingerprint density at radius 1 is 1.13 bits per heavy atom. The average molecular weight is 318 g/mol. The third-order valence-corrected chi connectivity index (χ3v) is 3.62. The molecule has 0 bridgehead atoms. The van der Waals surface area contributed by atoms with Crippen LogP contribution in [0, 0.1) is 6.92 Å². The maximum atomic E-state index is 13.5. The van der Waals surface area contributed by atoms with Gasteiger partial charge in [0.25, 0.3) is 0 Å². The number of aromatic nitrogens is 2. The molecule has 3 aromatic rings. The van der Waals surface area contributed by atoms with Crippen LogP contribution in [0.3, 0.4) is 0 Å². The Labute approximate surface area is 130 Å². The zero-order valence-electron chi connectivity index (χ0n) is 12.5. The monoisotopic (exact) mass is 318 g/mol. The second-order valence-corrected chi connectivity index (χ2v) is 5.37. The quantitative estimate of drug-likeness (QED) is 0.651. The molecule has 0 atom stereocenters. The van der Waals surface area contributed by atoms with E-state index in [9.17, 15) is 18.0 Å². The molecule has 0 saturated heterocycles. The second kappa shape index (κ2) is 5.22. The lowest BCUT2D eigenvalue weighted by Crippen LogP contribution is -2.10. The highest BCUT2D eigenvalue weighted by molar-refractivity contribution is 5.94. The first-order chi connectivity index (χ1) is 10.8. The second-order valence-electron chi connectivity index (χ2n) is 5.37. The van der Waals surface area contributed by atoms with Crippen LogP contribution in [-0.4, -0.2) is 15.2 Å². The van der Waals surface area contributed by atoms with E-state index in [0.29, 0.717) is 11.1 Å². The molecule has 0 N–H and O–H groups in total. The molecular formula is C17H13F3N2O. The zero-order chi connectivity index (χ0) is 16.8. The summed E-state index contributed by atoms with van der Waals surface area (Å²) in [6.45, 7) is 3.20. The van der Waals surface area contributed by atoms with Gasteiger partial charge in [-0.25, -0.2) is 4.98 Å². The minimum absolute atomic E-state index is 0.141. The third-order valence-electron chi connectivity index (χ3n) is 3.62. The van der Waals surface area contributed by atoms with Gasteiger partial charge in [0.05, 0.1) is 0 Å². The van der Waals surface area contributed by atoms with Crippen molar-refractivity contribution in [2.24, 2.45) is 0 Å². The molecule has 0 amide bonds. The molecule has 2 aromatic heterocycles. The van der Waals surface area contributed by atoms with Crippen molar-refractivity contribution in [2.75, 3.05) is 0 Å². The predicted octanol–water partition coefficient (Wildman–Crippen LogP) is 4.53. The van der Waals surface area contributed by atoms with Gasteiger partial charge in [0, 0.05) is 17.3 Å². The Kier molecular flexibility index (Phi) is 3.47. The lowest BCUT2D eigenvalue weighted by molar-refractivity contribution is -0.141. The van der Waals surface area contributed by atoms with Crippen molar-refractivity contribution in [3.8, 4) is 11.3 Å². The van der Waals surface area contributed by atoms with Gasteiger partial charge < -0.3 is 0 Å². The normalized spacial score (nSPS) is 11.9. The number of rotatable bonds is 2. The summed E-state index contributed by atoms with van der Waals surface area (Å²) >= 11 is 0. The molecule has 0 saturated carbocycles. The highest BCUT2D eigenvalue weighted by Crippen LogP contribution is 2.37. The number of pyridine rings is 1. The number of carbonyl (C=O) groups is 1. The molecule has 3 nitrogen and oxygen atoms in total. The number of ketones is 1. The molecule has 2 heterocycles. The molecule has 0 unspecified atom stereocenters. The highest BCUT2D eigenvalue weighted by Gasteiger charge is 2.38. The van der Waals surface area contributed by atoms with E-state index in [4.69, 9.17) is 0 Å². The number of hydrogen-bond acceptors (Lipinski definition) is 2. The largest absolute Gasteiger partial charge is 0.433 e. The van der Waals surface area contributed by atoms with E-state index in [1.165, 1.54) is 37.4 Å². The summed E-state index contributed by atoms with van der Waals surface area (Å²) in [5.41, 5.74) is 0.879. The van der Waals surface area contributed by atoms with Crippen LogP contribution < -0.4 is 0 Å². The number of carbonyl (C=O) groups excluding carboxylic acids is 1. The number of fused-ring (bicyclic) bond motifs is 1. The zero-order valence-corrected chi connectivity index (χ0v) is 12.5. The van der Waals surface area contributed by atoms with Gasteiger partial charge in [-0.3, -0.25) is 9.20 Å². The SMILES string of the molecule is CC(=O)c1ccc(-c2nc3cc(C)ccn3c2C(F)(F)F)cc1. The fraction of sp³-hybridized carbons (Fsp3) is 0.176. The number of nitrogens with zero attached hydrogens (tertiary/aromatic N) is 2. The summed E-state index contributed by atoms with van der Waals surface area (Å²) in [4.78, 5) is 15.4. The molecule has 118 valence electrons. The van der Waals surface area contributed by atoms with Gasteiger partial charge in [0.15, 0.2) is 11.5 Å². The molecule has 0 aliphatic carbocycles. The van der Waals surface area contributed by atoms with Crippen LogP contribution in [0.5, 0.6) is 0 Å². The van der Waals surface area contributed by atoms with E-state index in [1.807, 2.05) is 0 Å². The summed E-state index contributed by atoms with van der Waals surface area (Å²) in [5, 5.41) is 0. The first kappa shape index (κ1) is 15.3. The summed E-state index contributed by atoms with van der Waals surface area (Å²) in [6, 6.07) is 9.19. The highest BCUT2D eigenvalue weighted by atomic mass is 19.4. The fourth-order valence-electron chi connectivity index (χ4n) is 2.48. The van der Waals surface area contributed by atoms with Gasteiger partial charge in [-0.15, -0.1) is 0 Å². The number of alkyl halides is 3. The Balaban J connectivity index is 2.25. The van der Waals surface area contributed by atoms with E-state index < -0.39 is 11.9 Å². The topological polar surface area (TPSA) is 34.4 Å². The van der Waals surface area contributed by atoms with E-state index in [0.717, 1.165) is 9.96 Å². The molecule has 0 spiro atoms. The fourth-order valence-corrected chi connectivity index (χ4v) is 2.48. The number of benzene rings is 1. The van der Waals surface area contributed by atoms with Crippen LogP contribution in [-0.2, 0) is 6.18 Å². The number of aryl methyl sites for hydroxylation is 1. The van der Waals surface area contributed by atoms with Crippen LogP contribution in [0.15, 0.2) is 42.6 Å². The third kappa shape index (κ3) is 2.72. The van der Waals surface area contributed by atoms with E-state index in [-0.39, 0.29) is 17.1 Å². The maximum absolute atomic E-state index is 13.5. The van der Waals surface area contributed by atoms with Crippen molar-refractivity contribution in [3.63, 3.8) is 0 Å². The molecule has 0 aliphatic rings. The lowest BCUT2D eigenvalue weighted by atomic mass is 10.1. The summed E-state index contributed by atoms with van der Waals surface area (Å²) in [5.74, 6) is -0.141. The predicted molar refractivity (Wildman–Crippen MR) is 80.4 cm³/mol. The smallest absolute Gasteiger partial charge is 0.295 e. The van der Waals surface area contributed by atoms with Crippen molar-refractivity contribution in [1.82, 2.24) is 9.38 Å². The van der Waals surface area contributed by atoms with E-state index >= 15 is 0 Å². The molecule has 1 aromatic carbocycles. The van der Waals surface area contributed by atoms with Crippen LogP contribution in [0.4, 0.5) is 13.2 Å². The van der Waals surface area contributed by atoms with Crippen molar-refractivity contribution in [2.45, 2.75) is 20.0 Å². The molecule has 6 heteroatoms. The minimum atomic E-state index is -4.54. The van der Waals surface area contributed by atoms with Crippen molar-refractivity contribution in [3.05, 3.63) is 59.4 Å². The van der Waals surface area contributed by atoms with Crippen LogP contribution >= 0.6 is 0 Å². The summed E-state index contributed by atoms with van der Waals surface area (Å²) in [6.07, 6.45) is -3.17. The van der Waals surface area contributed by atoms with Gasteiger partial charge in [-0.05, 0) is 31.5 Å². The van der Waals surface area contributed by atoms with Crippen LogP contribution in [0.2, 0.25) is 0 Å². The van der Waals surface area contributed by atoms with Gasteiger partial charge in [0.2, 0.25) is 0 Å². The molecule has 0 radical (unpaired) electrons. The summed E-state index contributed by atoms with van der Waals surface area (Å²) in [7, 11) is 0. The Hall–Kier alpha value is -2.63. The lowest BCUT2D eigenvalue weighted by Gasteiger charge is -2.09. The molecule has 0 fully saturated rings. The minimum Gasteiger partial charge on any atom is -0.295 e. The van der Waals surface area contributed by atoms with Crippen molar-refractivity contribution >= 4 is 11.4 Å². The van der Waals surface area contributed by atoms with Gasteiger partial charge in [-0.2, -0.15) is 13.2 Å². The molecule has 23 heavy (non-hydrogen) atoms. The maximum Gasteiger partial charge on any atom is 0.433 e. The number of imidazole rings is 1. The Morgan fingerprint density at radius 3 is 2.35 bits per heavy atom. The first-order valence-corrected chi connectivity index (χ1v) is 6.94. The molecular weight excluding hydrogens is 305 g/mol. The number of halogens is 3. The molecule has 3 rings (SSSR count). The van der Waals surface area contributed by atoms with Crippen molar-refractivity contribution < 1.29 is 18.0 Å². The summed E-state index contributed by atoms with van der Waals surface area (Å²) < 4.78 is 41.5. The number of hydrogen-bond donors (Lipinski definition) is 0. The van der Waals surface area contributed by atoms with E-state index in [1.54, 1.807) is 19.1 Å². The van der Waals surface area contributed by atoms with Gasteiger partial charge in [-0.1, -0.05) is 24.3 Å². The molecule has 0 aliphatic heterocycles.